The zero-order chi connectivity index (χ0) is 17.5. The van der Waals surface area contributed by atoms with Crippen LogP contribution in [0.2, 0.25) is 10.0 Å². The Bertz CT molecular complexity index is 737. The monoisotopic (exact) mass is 371 g/mol. The first kappa shape index (κ1) is 18.0. The lowest BCUT2D eigenvalue weighted by atomic mass is 10.3. The standard InChI is InChI=1S/C16H12Cl2FNO4/c17-10-1-6-14(13(18)7-10)20-15(21)8-24-16(22)9-23-12-4-2-11(19)3-5-12/h1-7H,8-9H2,(H,20,21). The lowest BCUT2D eigenvalue weighted by Crippen LogP contribution is -2.23. The van der Waals surface area contributed by atoms with Gasteiger partial charge in [0.15, 0.2) is 13.2 Å². The number of esters is 1. The predicted molar refractivity (Wildman–Crippen MR) is 87.9 cm³/mol. The number of benzene rings is 2. The van der Waals surface area contributed by atoms with Crippen molar-refractivity contribution < 1.29 is 23.5 Å². The first-order valence-electron chi connectivity index (χ1n) is 6.73. The van der Waals surface area contributed by atoms with Crippen LogP contribution >= 0.6 is 23.2 Å². The molecule has 1 amide bonds. The molecule has 0 aliphatic rings. The molecule has 2 aromatic carbocycles. The number of nitrogens with one attached hydrogen (secondary N) is 1. The van der Waals surface area contributed by atoms with Gasteiger partial charge in [-0.05, 0) is 42.5 Å². The maximum Gasteiger partial charge on any atom is 0.344 e. The molecular weight excluding hydrogens is 360 g/mol. The van der Waals surface area contributed by atoms with Crippen molar-refractivity contribution in [1.29, 1.82) is 0 Å². The highest BCUT2D eigenvalue weighted by Crippen LogP contribution is 2.25. The Morgan fingerprint density at radius 1 is 1.04 bits per heavy atom. The number of anilines is 1. The van der Waals surface area contributed by atoms with E-state index in [1.807, 2.05) is 0 Å². The predicted octanol–water partition coefficient (Wildman–Crippen LogP) is 3.69. The van der Waals surface area contributed by atoms with Crippen LogP contribution in [0.25, 0.3) is 0 Å². The normalized spacial score (nSPS) is 10.1. The first-order chi connectivity index (χ1) is 11.4. The number of ether oxygens (including phenoxy) is 2. The van der Waals surface area contributed by atoms with E-state index < -0.39 is 30.9 Å². The summed E-state index contributed by atoms with van der Waals surface area (Å²) in [6, 6.07) is 9.71. The SMILES string of the molecule is O=C(COC(=O)COc1ccc(F)cc1)Nc1ccc(Cl)cc1Cl. The maximum absolute atomic E-state index is 12.7. The smallest absolute Gasteiger partial charge is 0.344 e. The molecule has 0 heterocycles. The van der Waals surface area contributed by atoms with E-state index in [9.17, 15) is 14.0 Å². The van der Waals surface area contributed by atoms with Gasteiger partial charge in [-0.3, -0.25) is 4.79 Å². The Labute approximate surface area is 147 Å². The van der Waals surface area contributed by atoms with Gasteiger partial charge in [-0.1, -0.05) is 23.2 Å². The number of halogens is 3. The molecule has 24 heavy (non-hydrogen) atoms. The molecule has 5 nitrogen and oxygen atoms in total. The summed E-state index contributed by atoms with van der Waals surface area (Å²) in [5.41, 5.74) is 0.352. The van der Waals surface area contributed by atoms with E-state index in [1.54, 1.807) is 6.07 Å². The molecule has 0 aliphatic carbocycles. The maximum atomic E-state index is 12.7. The average Bonchev–Trinajstić information content (AvgIpc) is 2.55. The fourth-order valence-electron chi connectivity index (χ4n) is 1.64. The Morgan fingerprint density at radius 2 is 1.75 bits per heavy atom. The molecule has 0 aromatic heterocycles. The first-order valence-corrected chi connectivity index (χ1v) is 7.48. The topological polar surface area (TPSA) is 64.6 Å². The van der Waals surface area contributed by atoms with Crippen LogP contribution in [0.4, 0.5) is 10.1 Å². The van der Waals surface area contributed by atoms with Gasteiger partial charge in [-0.2, -0.15) is 0 Å². The minimum Gasteiger partial charge on any atom is -0.482 e. The molecular formula is C16H12Cl2FNO4. The molecule has 2 rings (SSSR count). The number of carbonyl (C=O) groups excluding carboxylic acids is 2. The average molecular weight is 372 g/mol. The van der Waals surface area contributed by atoms with E-state index >= 15 is 0 Å². The van der Waals surface area contributed by atoms with Crippen LogP contribution in [0.1, 0.15) is 0 Å². The van der Waals surface area contributed by atoms with Crippen molar-refractivity contribution in [2.24, 2.45) is 0 Å². The van der Waals surface area contributed by atoms with Crippen LogP contribution < -0.4 is 10.1 Å². The van der Waals surface area contributed by atoms with Gasteiger partial charge < -0.3 is 14.8 Å². The summed E-state index contributed by atoms with van der Waals surface area (Å²) >= 11 is 11.7. The van der Waals surface area contributed by atoms with Gasteiger partial charge in [0.2, 0.25) is 0 Å². The van der Waals surface area contributed by atoms with Crippen molar-refractivity contribution in [3.8, 4) is 5.75 Å². The van der Waals surface area contributed by atoms with Gasteiger partial charge >= 0.3 is 5.97 Å². The molecule has 8 heteroatoms. The van der Waals surface area contributed by atoms with E-state index in [0.717, 1.165) is 0 Å². The second-order valence-corrected chi connectivity index (χ2v) is 5.42. The number of carbonyl (C=O) groups is 2. The van der Waals surface area contributed by atoms with Crippen LogP contribution in [0, 0.1) is 5.82 Å². The molecule has 0 unspecified atom stereocenters. The van der Waals surface area contributed by atoms with Crippen molar-refractivity contribution in [3.05, 3.63) is 58.3 Å². The van der Waals surface area contributed by atoms with Crippen LogP contribution in [0.3, 0.4) is 0 Å². The molecule has 1 N–H and O–H groups in total. The largest absolute Gasteiger partial charge is 0.482 e. The summed E-state index contributed by atoms with van der Waals surface area (Å²) in [6.07, 6.45) is 0. The van der Waals surface area contributed by atoms with Crippen molar-refractivity contribution >= 4 is 40.8 Å². The van der Waals surface area contributed by atoms with Crippen LogP contribution in [0.15, 0.2) is 42.5 Å². The highest BCUT2D eigenvalue weighted by Gasteiger charge is 2.10. The van der Waals surface area contributed by atoms with Crippen molar-refractivity contribution in [2.75, 3.05) is 18.5 Å². The quantitative estimate of drug-likeness (QED) is 0.786. The van der Waals surface area contributed by atoms with Crippen LogP contribution in [0.5, 0.6) is 5.75 Å². The van der Waals surface area contributed by atoms with Gasteiger partial charge in [0.1, 0.15) is 11.6 Å². The Hall–Kier alpha value is -2.31. The van der Waals surface area contributed by atoms with Crippen molar-refractivity contribution in [3.63, 3.8) is 0 Å². The Balaban J connectivity index is 1.74. The second kappa shape index (κ2) is 8.52. The molecule has 0 bridgehead atoms. The molecule has 0 saturated carbocycles. The second-order valence-electron chi connectivity index (χ2n) is 4.58. The molecule has 2 aromatic rings. The molecule has 0 atom stereocenters. The van der Waals surface area contributed by atoms with Crippen molar-refractivity contribution in [2.45, 2.75) is 0 Å². The minimum absolute atomic E-state index is 0.266. The van der Waals surface area contributed by atoms with Gasteiger partial charge in [0, 0.05) is 5.02 Å². The van der Waals surface area contributed by atoms with E-state index in [1.165, 1.54) is 36.4 Å². The molecule has 0 radical (unpaired) electrons. The summed E-state index contributed by atoms with van der Waals surface area (Å²) in [6.45, 7) is -0.898. The van der Waals surface area contributed by atoms with Gasteiger partial charge in [-0.15, -0.1) is 0 Å². The third-order valence-corrected chi connectivity index (χ3v) is 3.29. The third kappa shape index (κ3) is 5.72. The fraction of sp³-hybridized carbons (Fsp3) is 0.125. The zero-order valence-electron chi connectivity index (χ0n) is 12.2. The summed E-state index contributed by atoms with van der Waals surface area (Å²) < 4.78 is 22.6. The minimum atomic E-state index is -0.739. The van der Waals surface area contributed by atoms with E-state index in [0.29, 0.717) is 16.5 Å². The van der Waals surface area contributed by atoms with E-state index in [2.05, 4.69) is 5.32 Å². The molecule has 126 valence electrons. The molecule has 0 aliphatic heterocycles. The Morgan fingerprint density at radius 3 is 2.42 bits per heavy atom. The highest BCUT2D eigenvalue weighted by molar-refractivity contribution is 6.36. The highest BCUT2D eigenvalue weighted by atomic mass is 35.5. The Kier molecular flexibility index (Phi) is 6.40. The molecule has 0 spiro atoms. The number of rotatable bonds is 6. The van der Waals surface area contributed by atoms with Gasteiger partial charge in [0.05, 0.1) is 10.7 Å². The fourth-order valence-corrected chi connectivity index (χ4v) is 2.09. The van der Waals surface area contributed by atoms with E-state index in [4.69, 9.17) is 32.7 Å². The van der Waals surface area contributed by atoms with Crippen molar-refractivity contribution in [1.82, 2.24) is 0 Å². The lowest BCUT2D eigenvalue weighted by molar-refractivity contribution is -0.149. The summed E-state index contributed by atoms with van der Waals surface area (Å²) in [7, 11) is 0. The number of amides is 1. The van der Waals surface area contributed by atoms with Crippen LogP contribution in [-0.4, -0.2) is 25.1 Å². The molecule has 0 fully saturated rings. The summed E-state index contributed by atoms with van der Waals surface area (Å²) in [5, 5.41) is 3.18. The molecule has 0 saturated heterocycles. The third-order valence-electron chi connectivity index (χ3n) is 2.74. The van der Waals surface area contributed by atoms with Gasteiger partial charge in [0.25, 0.3) is 5.91 Å². The van der Waals surface area contributed by atoms with Gasteiger partial charge in [-0.25, -0.2) is 9.18 Å². The van der Waals surface area contributed by atoms with Crippen LogP contribution in [-0.2, 0) is 14.3 Å². The zero-order valence-corrected chi connectivity index (χ0v) is 13.7. The number of hydrogen-bond acceptors (Lipinski definition) is 4. The summed E-state index contributed by atoms with van der Waals surface area (Å²) in [5.74, 6) is -1.40. The summed E-state index contributed by atoms with van der Waals surface area (Å²) in [4.78, 5) is 23.2. The number of hydrogen-bond donors (Lipinski definition) is 1. The van der Waals surface area contributed by atoms with E-state index in [-0.39, 0.29) is 5.02 Å². The lowest BCUT2D eigenvalue weighted by Gasteiger charge is -2.09.